The van der Waals surface area contributed by atoms with Crippen molar-refractivity contribution in [3.63, 3.8) is 0 Å². The fraction of sp³-hybridized carbons (Fsp3) is 0.226. The van der Waals surface area contributed by atoms with Crippen molar-refractivity contribution in [2.75, 3.05) is 13.2 Å². The van der Waals surface area contributed by atoms with E-state index in [9.17, 15) is 24.3 Å². The maximum atomic E-state index is 12.5. The summed E-state index contributed by atoms with van der Waals surface area (Å²) in [4.78, 5) is 47.7. The molecule has 0 aliphatic heterocycles. The number of phenols is 1. The number of rotatable bonds is 13. The second kappa shape index (κ2) is 15.5. The van der Waals surface area contributed by atoms with E-state index in [0.717, 1.165) is 18.9 Å². The van der Waals surface area contributed by atoms with Crippen molar-refractivity contribution < 1.29 is 48.0 Å². The molecule has 0 heterocycles. The molecule has 214 valence electrons. The normalized spacial score (nSPS) is 10.3. The largest absolute Gasteiger partial charge is 0.513 e. The molecule has 0 radical (unpaired) electrons. The van der Waals surface area contributed by atoms with Gasteiger partial charge in [0.25, 0.3) is 0 Å². The van der Waals surface area contributed by atoms with E-state index in [1.165, 1.54) is 60.7 Å². The molecule has 0 saturated heterocycles. The smallest absolute Gasteiger partial charge is 0.508 e. The lowest BCUT2D eigenvalue weighted by molar-refractivity contribution is -0.137. The summed E-state index contributed by atoms with van der Waals surface area (Å²) >= 11 is 0. The molecule has 10 nitrogen and oxygen atoms in total. The second-order valence-electron chi connectivity index (χ2n) is 8.76. The van der Waals surface area contributed by atoms with Crippen LogP contribution >= 0.6 is 0 Å². The van der Waals surface area contributed by atoms with Gasteiger partial charge in [0.1, 0.15) is 23.0 Å². The lowest BCUT2D eigenvalue weighted by Gasteiger charge is -2.08. The standard InChI is InChI=1S/C31H30O10/c1-3-28(33)37-18-6-4-5-7-19-38-31(36)41-25-14-10-22(11-15-25)29(34)39-24-12-8-23(9-13-24)30(35)40-26-16-17-27(32)21(2)20-26/h3,8-17,20,32H,1,4-7,18-19H2,2H3. The fourth-order valence-corrected chi connectivity index (χ4v) is 3.41. The minimum absolute atomic E-state index is 0.0993. The first-order valence-electron chi connectivity index (χ1n) is 12.8. The fourth-order valence-electron chi connectivity index (χ4n) is 3.41. The van der Waals surface area contributed by atoms with Gasteiger partial charge in [-0.3, -0.25) is 0 Å². The van der Waals surface area contributed by atoms with Crippen LogP contribution in [0.25, 0.3) is 0 Å². The highest BCUT2D eigenvalue weighted by Gasteiger charge is 2.13. The first-order chi connectivity index (χ1) is 19.7. The van der Waals surface area contributed by atoms with Crippen LogP contribution < -0.4 is 14.2 Å². The van der Waals surface area contributed by atoms with Crippen LogP contribution in [0, 0.1) is 6.92 Å². The summed E-state index contributed by atoms with van der Waals surface area (Å²) in [5.41, 5.74) is 1.04. The van der Waals surface area contributed by atoms with Gasteiger partial charge in [0.2, 0.25) is 0 Å². The van der Waals surface area contributed by atoms with Crippen molar-refractivity contribution in [3.8, 4) is 23.0 Å². The van der Waals surface area contributed by atoms with Crippen molar-refractivity contribution >= 4 is 24.1 Å². The Hall–Kier alpha value is -5.12. The van der Waals surface area contributed by atoms with E-state index >= 15 is 0 Å². The summed E-state index contributed by atoms with van der Waals surface area (Å²) in [5.74, 6) is -0.897. The molecule has 0 bridgehead atoms. The second-order valence-corrected chi connectivity index (χ2v) is 8.76. The molecule has 0 aliphatic carbocycles. The van der Waals surface area contributed by atoms with Crippen molar-refractivity contribution in [3.05, 3.63) is 96.1 Å². The van der Waals surface area contributed by atoms with Gasteiger partial charge in [-0.2, -0.15) is 0 Å². The summed E-state index contributed by atoms with van der Waals surface area (Å²) in [7, 11) is 0. The van der Waals surface area contributed by atoms with Crippen molar-refractivity contribution in [1.29, 1.82) is 0 Å². The highest BCUT2D eigenvalue weighted by atomic mass is 16.7. The molecule has 0 spiro atoms. The van der Waals surface area contributed by atoms with Crippen molar-refractivity contribution in [2.45, 2.75) is 32.6 Å². The molecule has 1 N–H and O–H groups in total. The molecule has 3 aromatic rings. The predicted octanol–water partition coefficient (Wildman–Crippen LogP) is 5.94. The van der Waals surface area contributed by atoms with Gasteiger partial charge in [-0.25, -0.2) is 19.2 Å². The van der Waals surface area contributed by atoms with Crippen LogP contribution in [0.15, 0.2) is 79.4 Å². The molecule has 0 saturated carbocycles. The average Bonchev–Trinajstić information content (AvgIpc) is 2.97. The van der Waals surface area contributed by atoms with Crippen LogP contribution in [0.3, 0.4) is 0 Å². The Kier molecular flexibility index (Phi) is 11.5. The monoisotopic (exact) mass is 562 g/mol. The molecular weight excluding hydrogens is 532 g/mol. The van der Waals surface area contributed by atoms with E-state index in [2.05, 4.69) is 6.58 Å². The summed E-state index contributed by atoms with van der Waals surface area (Å²) in [6.07, 6.45) is 3.21. The van der Waals surface area contributed by atoms with Gasteiger partial charge < -0.3 is 28.8 Å². The van der Waals surface area contributed by atoms with Gasteiger partial charge in [-0.05, 0) is 105 Å². The number of carbonyl (C=O) groups is 4. The van der Waals surface area contributed by atoms with Crippen LogP contribution in [-0.2, 0) is 14.3 Å². The number of benzene rings is 3. The van der Waals surface area contributed by atoms with Gasteiger partial charge in [-0.1, -0.05) is 6.58 Å². The number of esters is 3. The molecule has 0 fully saturated rings. The number of hydrogen-bond acceptors (Lipinski definition) is 10. The molecule has 3 aromatic carbocycles. The number of ether oxygens (including phenoxy) is 5. The van der Waals surface area contributed by atoms with Gasteiger partial charge in [0, 0.05) is 6.08 Å². The number of aromatic hydroxyl groups is 1. The van der Waals surface area contributed by atoms with Gasteiger partial charge in [-0.15, -0.1) is 0 Å². The average molecular weight is 563 g/mol. The summed E-state index contributed by atoms with van der Waals surface area (Å²) < 4.78 is 25.7. The molecule has 10 heteroatoms. The van der Waals surface area contributed by atoms with Gasteiger partial charge >= 0.3 is 24.1 Å². The molecular formula is C31H30O10. The van der Waals surface area contributed by atoms with E-state index in [4.69, 9.17) is 23.7 Å². The number of phenolic OH excluding ortho intramolecular Hbond substituents is 1. The van der Waals surface area contributed by atoms with Crippen LogP contribution in [0.4, 0.5) is 4.79 Å². The number of hydrogen-bond donors (Lipinski definition) is 1. The lowest BCUT2D eigenvalue weighted by Crippen LogP contribution is -2.12. The predicted molar refractivity (Wildman–Crippen MR) is 147 cm³/mol. The maximum Gasteiger partial charge on any atom is 0.513 e. The third-order valence-corrected chi connectivity index (χ3v) is 5.64. The van der Waals surface area contributed by atoms with Crippen LogP contribution in [0.5, 0.6) is 23.0 Å². The minimum Gasteiger partial charge on any atom is -0.508 e. The summed E-state index contributed by atoms with van der Waals surface area (Å²) in [6, 6.07) is 16.1. The molecule has 0 aromatic heterocycles. The Balaban J connectivity index is 1.38. The van der Waals surface area contributed by atoms with E-state index < -0.39 is 24.1 Å². The van der Waals surface area contributed by atoms with Crippen molar-refractivity contribution in [1.82, 2.24) is 0 Å². The van der Waals surface area contributed by atoms with E-state index in [1.54, 1.807) is 13.0 Å². The minimum atomic E-state index is -0.862. The highest BCUT2D eigenvalue weighted by molar-refractivity contribution is 5.92. The molecule has 0 aliphatic rings. The zero-order chi connectivity index (χ0) is 29.6. The molecule has 0 atom stereocenters. The number of carbonyl (C=O) groups excluding carboxylic acids is 4. The Morgan fingerprint density at radius 3 is 1.71 bits per heavy atom. The Morgan fingerprint density at radius 2 is 1.17 bits per heavy atom. The van der Waals surface area contributed by atoms with E-state index in [0.29, 0.717) is 30.8 Å². The Labute approximate surface area is 237 Å². The third-order valence-electron chi connectivity index (χ3n) is 5.64. The maximum absolute atomic E-state index is 12.5. The Bertz CT molecular complexity index is 1360. The lowest BCUT2D eigenvalue weighted by atomic mass is 10.2. The van der Waals surface area contributed by atoms with Crippen LogP contribution in [-0.4, -0.2) is 42.4 Å². The zero-order valence-electron chi connectivity index (χ0n) is 22.5. The van der Waals surface area contributed by atoms with Gasteiger partial charge in [0.05, 0.1) is 24.3 Å². The SMILES string of the molecule is C=CC(=O)OCCCCCCOC(=O)Oc1ccc(C(=O)Oc2ccc(C(=O)Oc3ccc(O)c(C)c3)cc2)cc1. The molecule has 41 heavy (non-hydrogen) atoms. The Morgan fingerprint density at radius 1 is 0.683 bits per heavy atom. The van der Waals surface area contributed by atoms with E-state index in [-0.39, 0.29) is 35.0 Å². The molecule has 0 amide bonds. The summed E-state index contributed by atoms with van der Waals surface area (Å²) in [6.45, 7) is 5.51. The highest BCUT2D eigenvalue weighted by Crippen LogP contribution is 2.23. The number of unbranched alkanes of at least 4 members (excludes halogenated alkanes) is 3. The van der Waals surface area contributed by atoms with Gasteiger partial charge in [0.15, 0.2) is 0 Å². The molecule has 0 unspecified atom stereocenters. The first-order valence-corrected chi connectivity index (χ1v) is 12.8. The van der Waals surface area contributed by atoms with Crippen LogP contribution in [0.1, 0.15) is 52.0 Å². The quantitative estimate of drug-likeness (QED) is 0.0876. The zero-order valence-corrected chi connectivity index (χ0v) is 22.5. The van der Waals surface area contributed by atoms with Crippen molar-refractivity contribution in [2.24, 2.45) is 0 Å². The first kappa shape index (κ1) is 30.4. The summed E-state index contributed by atoms with van der Waals surface area (Å²) in [5, 5.41) is 9.59. The topological polar surface area (TPSA) is 135 Å². The number of aryl methyl sites for hydroxylation is 1. The van der Waals surface area contributed by atoms with Crippen LogP contribution in [0.2, 0.25) is 0 Å². The third kappa shape index (κ3) is 10.2. The molecule has 3 rings (SSSR count). The van der Waals surface area contributed by atoms with E-state index in [1.807, 2.05) is 0 Å².